The molecule has 0 fully saturated rings. The maximum Gasteiger partial charge on any atom is 0.174 e. The zero-order chi connectivity index (χ0) is 13.7. The molecule has 2 aromatic rings. The molecule has 0 saturated carbocycles. The molecule has 2 rings (SSSR count). The van der Waals surface area contributed by atoms with Gasteiger partial charge >= 0.3 is 0 Å². The molecule has 6 heteroatoms. The molecule has 0 spiro atoms. The van der Waals surface area contributed by atoms with Gasteiger partial charge in [0.2, 0.25) is 0 Å². The van der Waals surface area contributed by atoms with Crippen LogP contribution in [0.5, 0.6) is 5.75 Å². The first-order valence-electron chi connectivity index (χ1n) is 5.58. The fourth-order valence-corrected chi connectivity index (χ4v) is 1.60. The number of nitrogens with one attached hydrogen (secondary N) is 2. The largest absolute Gasteiger partial charge is 0.504 e. The van der Waals surface area contributed by atoms with Crippen molar-refractivity contribution in [3.63, 3.8) is 0 Å². The Morgan fingerprint density at radius 3 is 2.68 bits per heavy atom. The van der Waals surface area contributed by atoms with E-state index in [-0.39, 0.29) is 11.6 Å². The Labute approximate surface area is 115 Å². The summed E-state index contributed by atoms with van der Waals surface area (Å²) in [7, 11) is 0. The molecule has 3 N–H and O–H groups in total. The number of hydrogen-bond acceptors (Lipinski definition) is 3. The zero-order valence-corrected chi connectivity index (χ0v) is 10.7. The molecule has 0 unspecified atom stereocenters. The van der Waals surface area contributed by atoms with Gasteiger partial charge in [-0.1, -0.05) is 12.1 Å². The van der Waals surface area contributed by atoms with Crippen LogP contribution in [0, 0.1) is 5.82 Å². The molecular formula is C13H12FN3OS. The lowest BCUT2D eigenvalue weighted by atomic mass is 10.2. The van der Waals surface area contributed by atoms with Crippen molar-refractivity contribution in [3.05, 3.63) is 54.0 Å². The number of anilines is 1. The summed E-state index contributed by atoms with van der Waals surface area (Å²) < 4.78 is 12.7. The van der Waals surface area contributed by atoms with Gasteiger partial charge in [-0.15, -0.1) is 0 Å². The molecule has 19 heavy (non-hydrogen) atoms. The van der Waals surface area contributed by atoms with Gasteiger partial charge in [-0.05, 0) is 42.0 Å². The van der Waals surface area contributed by atoms with Crippen LogP contribution in [-0.4, -0.2) is 15.2 Å². The van der Waals surface area contributed by atoms with Crippen LogP contribution in [0.3, 0.4) is 0 Å². The highest BCUT2D eigenvalue weighted by Gasteiger charge is 2.03. The number of rotatable bonds is 3. The van der Waals surface area contributed by atoms with Crippen molar-refractivity contribution >= 4 is 23.1 Å². The van der Waals surface area contributed by atoms with E-state index in [0.717, 1.165) is 5.56 Å². The van der Waals surface area contributed by atoms with Crippen LogP contribution in [0.1, 0.15) is 5.56 Å². The lowest BCUT2D eigenvalue weighted by molar-refractivity contribution is 0.475. The van der Waals surface area contributed by atoms with Gasteiger partial charge in [0.1, 0.15) is 5.82 Å². The maximum atomic E-state index is 12.7. The summed E-state index contributed by atoms with van der Waals surface area (Å²) in [6, 6.07) is 9.25. The van der Waals surface area contributed by atoms with Crippen LogP contribution < -0.4 is 10.6 Å². The molecule has 0 aliphatic heterocycles. The minimum atomic E-state index is -0.275. The molecule has 1 aromatic carbocycles. The number of nitrogens with zero attached hydrogens (tertiary/aromatic N) is 1. The second kappa shape index (κ2) is 6.10. The van der Waals surface area contributed by atoms with E-state index in [1.165, 1.54) is 18.2 Å². The van der Waals surface area contributed by atoms with Crippen molar-refractivity contribution in [3.8, 4) is 5.75 Å². The van der Waals surface area contributed by atoms with Gasteiger partial charge < -0.3 is 15.7 Å². The third kappa shape index (κ3) is 3.89. The van der Waals surface area contributed by atoms with Gasteiger partial charge in [-0.25, -0.2) is 9.37 Å². The summed E-state index contributed by atoms with van der Waals surface area (Å²) in [5.74, 6) is 0.0374. The summed E-state index contributed by atoms with van der Waals surface area (Å²) in [6.45, 7) is 0.458. The van der Waals surface area contributed by atoms with Crippen molar-refractivity contribution in [2.24, 2.45) is 0 Å². The monoisotopic (exact) mass is 277 g/mol. The summed E-state index contributed by atoms with van der Waals surface area (Å²) in [5, 5.41) is 15.6. The average Bonchev–Trinajstić information content (AvgIpc) is 2.41. The van der Waals surface area contributed by atoms with Gasteiger partial charge in [0.15, 0.2) is 16.7 Å². The lowest BCUT2D eigenvalue weighted by Gasteiger charge is -2.10. The Bertz CT molecular complexity index is 574. The second-order valence-electron chi connectivity index (χ2n) is 3.81. The molecule has 1 heterocycles. The predicted molar refractivity (Wildman–Crippen MR) is 75.4 cm³/mol. The summed E-state index contributed by atoms with van der Waals surface area (Å²) >= 11 is 5.07. The average molecular weight is 277 g/mol. The van der Waals surface area contributed by atoms with Crippen molar-refractivity contribution in [2.45, 2.75) is 6.54 Å². The fraction of sp³-hybridized carbons (Fsp3) is 0.0769. The molecule has 1 aromatic heterocycles. The van der Waals surface area contributed by atoms with Crippen LogP contribution in [0.2, 0.25) is 0 Å². The van der Waals surface area contributed by atoms with Gasteiger partial charge in [-0.2, -0.15) is 0 Å². The first-order chi connectivity index (χ1) is 9.15. The molecule has 0 aliphatic carbocycles. The first kappa shape index (κ1) is 13.2. The highest BCUT2D eigenvalue weighted by Crippen LogP contribution is 2.17. The highest BCUT2D eigenvalue weighted by atomic mass is 32.1. The topological polar surface area (TPSA) is 57.2 Å². The number of halogens is 1. The molecule has 0 atom stereocenters. The van der Waals surface area contributed by atoms with Crippen LogP contribution in [0.15, 0.2) is 42.6 Å². The minimum absolute atomic E-state index is 0.0217. The summed E-state index contributed by atoms with van der Waals surface area (Å²) in [6.07, 6.45) is 1.55. The van der Waals surface area contributed by atoms with E-state index in [1.807, 2.05) is 0 Å². The predicted octanol–water partition coefficient (Wildman–Crippen LogP) is 2.41. The Hall–Kier alpha value is -2.21. The van der Waals surface area contributed by atoms with Crippen LogP contribution in [0.4, 0.5) is 10.2 Å². The molecule has 98 valence electrons. The lowest BCUT2D eigenvalue weighted by Crippen LogP contribution is -2.28. The second-order valence-corrected chi connectivity index (χ2v) is 4.21. The molecule has 0 bridgehead atoms. The van der Waals surface area contributed by atoms with E-state index in [9.17, 15) is 9.50 Å². The Balaban J connectivity index is 1.88. The quantitative estimate of drug-likeness (QED) is 0.752. The normalized spacial score (nSPS) is 9.95. The highest BCUT2D eigenvalue weighted by molar-refractivity contribution is 7.80. The maximum absolute atomic E-state index is 12.7. The van der Waals surface area contributed by atoms with E-state index in [4.69, 9.17) is 12.2 Å². The Morgan fingerprint density at radius 2 is 2.00 bits per heavy atom. The molecule has 0 saturated heterocycles. The summed E-state index contributed by atoms with van der Waals surface area (Å²) in [5.41, 5.74) is 0.899. The number of benzene rings is 1. The van der Waals surface area contributed by atoms with E-state index < -0.39 is 0 Å². The number of aromatic nitrogens is 1. The van der Waals surface area contributed by atoms with Crippen LogP contribution in [0.25, 0.3) is 0 Å². The number of hydrogen-bond donors (Lipinski definition) is 3. The molecule has 4 nitrogen and oxygen atoms in total. The SMILES string of the molecule is Oc1cccnc1NC(=S)NCc1ccc(F)cc1. The van der Waals surface area contributed by atoms with Gasteiger partial charge in [0, 0.05) is 12.7 Å². The van der Waals surface area contributed by atoms with Gasteiger partial charge in [0.05, 0.1) is 0 Å². The van der Waals surface area contributed by atoms with Crippen molar-refractivity contribution in [2.75, 3.05) is 5.32 Å². The molecular weight excluding hydrogens is 265 g/mol. The van der Waals surface area contributed by atoms with E-state index in [2.05, 4.69) is 15.6 Å². The van der Waals surface area contributed by atoms with Crippen molar-refractivity contribution in [1.82, 2.24) is 10.3 Å². The molecule has 0 radical (unpaired) electrons. The van der Waals surface area contributed by atoms with Crippen molar-refractivity contribution < 1.29 is 9.50 Å². The van der Waals surface area contributed by atoms with E-state index >= 15 is 0 Å². The van der Waals surface area contributed by atoms with Crippen LogP contribution in [-0.2, 0) is 6.54 Å². The number of aromatic hydroxyl groups is 1. The van der Waals surface area contributed by atoms with Crippen molar-refractivity contribution in [1.29, 1.82) is 0 Å². The van der Waals surface area contributed by atoms with E-state index in [0.29, 0.717) is 17.5 Å². The van der Waals surface area contributed by atoms with E-state index in [1.54, 1.807) is 24.4 Å². The Kier molecular flexibility index (Phi) is 4.25. The third-order valence-electron chi connectivity index (χ3n) is 2.38. The summed E-state index contributed by atoms with van der Waals surface area (Å²) in [4.78, 5) is 3.95. The van der Waals surface area contributed by atoms with Crippen LogP contribution >= 0.6 is 12.2 Å². The number of thiocarbonyl (C=S) groups is 1. The third-order valence-corrected chi connectivity index (χ3v) is 2.63. The molecule has 0 amide bonds. The molecule has 0 aliphatic rings. The standard InChI is InChI=1S/C13H12FN3OS/c14-10-5-3-9(4-6-10)8-16-13(19)17-12-11(18)2-1-7-15-12/h1-7,18H,8H2,(H2,15,16,17,19). The smallest absolute Gasteiger partial charge is 0.174 e. The Morgan fingerprint density at radius 1 is 1.26 bits per heavy atom. The zero-order valence-electron chi connectivity index (χ0n) is 9.93. The number of pyridine rings is 1. The minimum Gasteiger partial charge on any atom is -0.504 e. The van der Waals surface area contributed by atoms with Gasteiger partial charge in [-0.3, -0.25) is 0 Å². The first-order valence-corrected chi connectivity index (χ1v) is 5.99. The fourth-order valence-electron chi connectivity index (χ4n) is 1.43. The van der Waals surface area contributed by atoms with Gasteiger partial charge in [0.25, 0.3) is 0 Å².